The molecule has 0 spiro atoms. The molecule has 0 aliphatic carbocycles. The second-order valence-electron chi connectivity index (χ2n) is 6.60. The lowest BCUT2D eigenvalue weighted by atomic mass is 10.1. The number of aromatic amines is 1. The summed E-state index contributed by atoms with van der Waals surface area (Å²) in [5.41, 5.74) is 2.45. The summed E-state index contributed by atoms with van der Waals surface area (Å²) in [6.45, 7) is 16.0. The van der Waals surface area contributed by atoms with Gasteiger partial charge in [0.15, 0.2) is 5.96 Å². The van der Waals surface area contributed by atoms with Gasteiger partial charge in [-0.2, -0.15) is 5.10 Å². The van der Waals surface area contributed by atoms with Crippen LogP contribution >= 0.6 is 0 Å². The zero-order valence-corrected chi connectivity index (χ0v) is 16.9. The molecule has 25 heavy (non-hydrogen) atoms. The summed E-state index contributed by atoms with van der Waals surface area (Å²) in [6, 6.07) is 0.435. The minimum absolute atomic E-state index is 0.435. The standard InChI is InChI=1S/C19H38N6/c1-6-20-19(21-13-9-12-18-15-22-24-17(18)5)23-16(4)11-10-14-25(7-2)8-3/h15-16H,6-14H2,1-5H3,(H,22,24)(H2,20,21,23). The number of aromatic nitrogens is 2. The molecule has 6 heteroatoms. The van der Waals surface area contributed by atoms with Crippen molar-refractivity contribution in [2.24, 2.45) is 4.99 Å². The first kappa shape index (κ1) is 21.5. The fourth-order valence-electron chi connectivity index (χ4n) is 2.87. The van der Waals surface area contributed by atoms with E-state index in [1.165, 1.54) is 18.5 Å². The average molecular weight is 351 g/mol. The van der Waals surface area contributed by atoms with Crippen molar-refractivity contribution in [1.82, 2.24) is 25.7 Å². The predicted molar refractivity (Wildman–Crippen MR) is 107 cm³/mol. The predicted octanol–water partition coefficient (Wildman–Crippen LogP) is 2.72. The Bertz CT molecular complexity index is 478. The highest BCUT2D eigenvalue weighted by molar-refractivity contribution is 5.80. The first-order valence-electron chi connectivity index (χ1n) is 9.86. The van der Waals surface area contributed by atoms with Crippen LogP contribution in [0.1, 0.15) is 58.2 Å². The Balaban J connectivity index is 2.32. The molecule has 1 unspecified atom stereocenters. The second kappa shape index (κ2) is 12.8. The molecule has 0 bridgehead atoms. The van der Waals surface area contributed by atoms with Crippen LogP contribution in [0.5, 0.6) is 0 Å². The van der Waals surface area contributed by atoms with Gasteiger partial charge >= 0.3 is 0 Å². The maximum Gasteiger partial charge on any atom is 0.191 e. The Labute approximate surface area is 153 Å². The molecule has 0 saturated heterocycles. The molecule has 0 aromatic carbocycles. The van der Waals surface area contributed by atoms with E-state index < -0.39 is 0 Å². The summed E-state index contributed by atoms with van der Waals surface area (Å²) in [5, 5.41) is 13.9. The molecule has 0 radical (unpaired) electrons. The van der Waals surface area contributed by atoms with Gasteiger partial charge in [0.25, 0.3) is 0 Å². The molecule has 3 N–H and O–H groups in total. The van der Waals surface area contributed by atoms with E-state index in [1.54, 1.807) is 0 Å². The minimum atomic E-state index is 0.435. The largest absolute Gasteiger partial charge is 0.357 e. The van der Waals surface area contributed by atoms with Crippen LogP contribution in [-0.4, -0.2) is 59.8 Å². The lowest BCUT2D eigenvalue weighted by Crippen LogP contribution is -2.42. The number of hydrogen-bond donors (Lipinski definition) is 3. The van der Waals surface area contributed by atoms with Crippen molar-refractivity contribution in [3.63, 3.8) is 0 Å². The van der Waals surface area contributed by atoms with E-state index >= 15 is 0 Å². The maximum atomic E-state index is 4.71. The van der Waals surface area contributed by atoms with E-state index in [9.17, 15) is 0 Å². The van der Waals surface area contributed by atoms with Gasteiger partial charge in [0, 0.05) is 24.8 Å². The number of nitrogens with zero attached hydrogens (tertiary/aromatic N) is 3. The first-order valence-corrected chi connectivity index (χ1v) is 9.86. The number of hydrogen-bond acceptors (Lipinski definition) is 3. The van der Waals surface area contributed by atoms with Crippen LogP contribution in [0.3, 0.4) is 0 Å². The zero-order valence-electron chi connectivity index (χ0n) is 16.9. The van der Waals surface area contributed by atoms with E-state index in [1.807, 2.05) is 6.20 Å². The van der Waals surface area contributed by atoms with Crippen LogP contribution in [0, 0.1) is 6.92 Å². The van der Waals surface area contributed by atoms with Crippen LogP contribution in [0.2, 0.25) is 0 Å². The van der Waals surface area contributed by atoms with E-state index in [2.05, 4.69) is 60.3 Å². The number of rotatable bonds is 12. The van der Waals surface area contributed by atoms with Gasteiger partial charge in [-0.3, -0.25) is 10.1 Å². The molecule has 6 nitrogen and oxygen atoms in total. The van der Waals surface area contributed by atoms with Crippen molar-refractivity contribution in [3.8, 4) is 0 Å². The third-order valence-electron chi connectivity index (χ3n) is 4.54. The van der Waals surface area contributed by atoms with Gasteiger partial charge in [0.1, 0.15) is 0 Å². The molecular formula is C19H38N6. The highest BCUT2D eigenvalue weighted by Gasteiger charge is 2.06. The lowest BCUT2D eigenvalue weighted by Gasteiger charge is -2.21. The quantitative estimate of drug-likeness (QED) is 0.308. The minimum Gasteiger partial charge on any atom is -0.357 e. The van der Waals surface area contributed by atoms with Gasteiger partial charge in [0.05, 0.1) is 6.20 Å². The first-order chi connectivity index (χ1) is 12.1. The molecular weight excluding hydrogens is 312 g/mol. The number of nitrogens with one attached hydrogen (secondary N) is 3. The molecule has 1 atom stereocenters. The highest BCUT2D eigenvalue weighted by atomic mass is 15.2. The Morgan fingerprint density at radius 2 is 2.04 bits per heavy atom. The maximum absolute atomic E-state index is 4.71. The Kier molecular flexibility index (Phi) is 11.0. The third kappa shape index (κ3) is 8.91. The molecule has 0 amide bonds. The van der Waals surface area contributed by atoms with E-state index in [-0.39, 0.29) is 0 Å². The van der Waals surface area contributed by atoms with Crippen molar-refractivity contribution in [2.45, 2.75) is 66.3 Å². The molecule has 144 valence electrons. The SMILES string of the molecule is CCNC(=NCCCc1cn[nH]c1C)NC(C)CCCN(CC)CC. The summed E-state index contributed by atoms with van der Waals surface area (Å²) >= 11 is 0. The molecule has 1 aromatic rings. The summed E-state index contributed by atoms with van der Waals surface area (Å²) in [6.07, 6.45) is 6.35. The van der Waals surface area contributed by atoms with Crippen LogP contribution < -0.4 is 10.6 Å². The molecule has 0 aliphatic rings. The van der Waals surface area contributed by atoms with Crippen LogP contribution in [0.25, 0.3) is 0 Å². The molecule has 0 aliphatic heterocycles. The van der Waals surface area contributed by atoms with Crippen molar-refractivity contribution in [2.75, 3.05) is 32.7 Å². The van der Waals surface area contributed by atoms with E-state index in [4.69, 9.17) is 4.99 Å². The summed E-state index contributed by atoms with van der Waals surface area (Å²) in [5.74, 6) is 0.932. The van der Waals surface area contributed by atoms with Gasteiger partial charge in [-0.25, -0.2) is 0 Å². The molecule has 1 rings (SSSR count). The Morgan fingerprint density at radius 1 is 1.28 bits per heavy atom. The van der Waals surface area contributed by atoms with E-state index in [0.717, 1.165) is 57.1 Å². The summed E-state index contributed by atoms with van der Waals surface area (Å²) < 4.78 is 0. The molecule has 1 aromatic heterocycles. The molecule has 0 saturated carbocycles. The van der Waals surface area contributed by atoms with Gasteiger partial charge in [-0.05, 0) is 71.7 Å². The number of aryl methyl sites for hydroxylation is 2. The number of aliphatic imine (C=N–C) groups is 1. The van der Waals surface area contributed by atoms with Crippen molar-refractivity contribution < 1.29 is 0 Å². The van der Waals surface area contributed by atoms with Crippen molar-refractivity contribution in [3.05, 3.63) is 17.5 Å². The molecule has 1 heterocycles. The number of H-pyrrole nitrogens is 1. The molecule has 0 fully saturated rings. The Hall–Kier alpha value is -1.56. The van der Waals surface area contributed by atoms with Crippen molar-refractivity contribution >= 4 is 5.96 Å². The van der Waals surface area contributed by atoms with Gasteiger partial charge in [-0.1, -0.05) is 13.8 Å². The topological polar surface area (TPSA) is 68.3 Å². The number of guanidine groups is 1. The fraction of sp³-hybridized carbons (Fsp3) is 0.789. The zero-order chi connectivity index (χ0) is 18.5. The van der Waals surface area contributed by atoms with Crippen LogP contribution in [0.15, 0.2) is 11.2 Å². The van der Waals surface area contributed by atoms with Crippen LogP contribution in [-0.2, 0) is 6.42 Å². The third-order valence-corrected chi connectivity index (χ3v) is 4.54. The smallest absolute Gasteiger partial charge is 0.191 e. The lowest BCUT2D eigenvalue weighted by molar-refractivity contribution is 0.292. The summed E-state index contributed by atoms with van der Waals surface area (Å²) in [4.78, 5) is 7.19. The van der Waals surface area contributed by atoms with Crippen molar-refractivity contribution in [1.29, 1.82) is 0 Å². The fourth-order valence-corrected chi connectivity index (χ4v) is 2.87. The van der Waals surface area contributed by atoms with Gasteiger partial charge in [-0.15, -0.1) is 0 Å². The second-order valence-corrected chi connectivity index (χ2v) is 6.60. The van der Waals surface area contributed by atoms with Crippen LogP contribution in [0.4, 0.5) is 0 Å². The monoisotopic (exact) mass is 350 g/mol. The Morgan fingerprint density at radius 3 is 2.64 bits per heavy atom. The van der Waals surface area contributed by atoms with E-state index in [0.29, 0.717) is 6.04 Å². The normalized spacial score (nSPS) is 13.3. The highest BCUT2D eigenvalue weighted by Crippen LogP contribution is 2.05. The summed E-state index contributed by atoms with van der Waals surface area (Å²) in [7, 11) is 0. The average Bonchev–Trinajstić information content (AvgIpc) is 3.00. The van der Waals surface area contributed by atoms with Gasteiger partial charge < -0.3 is 15.5 Å². The van der Waals surface area contributed by atoms with Gasteiger partial charge in [0.2, 0.25) is 0 Å².